The molecule has 1 aliphatic heterocycles. The van der Waals surface area contributed by atoms with Crippen molar-refractivity contribution < 1.29 is 5.11 Å². The number of hydrogen-bond donors (Lipinski definition) is 2. The molecule has 0 spiro atoms. The summed E-state index contributed by atoms with van der Waals surface area (Å²) in [6, 6.07) is 0. The highest BCUT2D eigenvalue weighted by molar-refractivity contribution is 6.32. The van der Waals surface area contributed by atoms with Crippen LogP contribution in [0.2, 0.25) is 5.02 Å². The second-order valence-electron chi connectivity index (χ2n) is 4.61. The van der Waals surface area contributed by atoms with Crippen LogP contribution in [0.3, 0.4) is 0 Å². The number of anilines is 1. The van der Waals surface area contributed by atoms with Crippen molar-refractivity contribution in [3.05, 3.63) is 17.5 Å². The van der Waals surface area contributed by atoms with Crippen molar-refractivity contribution in [1.29, 1.82) is 0 Å². The summed E-state index contributed by atoms with van der Waals surface area (Å²) in [5, 5.41) is 12.7. The van der Waals surface area contributed by atoms with Gasteiger partial charge in [0.1, 0.15) is 17.2 Å². The van der Waals surface area contributed by atoms with Crippen molar-refractivity contribution in [3.8, 4) is 0 Å². The molecule has 100 valence electrons. The van der Waals surface area contributed by atoms with E-state index in [9.17, 15) is 0 Å². The summed E-state index contributed by atoms with van der Waals surface area (Å²) >= 11 is 5.98. The lowest BCUT2D eigenvalue weighted by Gasteiger charge is -2.31. The minimum absolute atomic E-state index is 0.249. The van der Waals surface area contributed by atoms with Gasteiger partial charge >= 0.3 is 0 Å². The molecule has 2 N–H and O–H groups in total. The molecule has 0 atom stereocenters. The molecule has 1 aliphatic rings. The highest BCUT2D eigenvalue weighted by Gasteiger charge is 2.18. The maximum Gasteiger partial charge on any atom is 0.148 e. The molecule has 1 saturated heterocycles. The van der Waals surface area contributed by atoms with Crippen LogP contribution in [0.4, 0.5) is 5.82 Å². The fourth-order valence-corrected chi connectivity index (χ4v) is 2.41. The Kier molecular flexibility index (Phi) is 5.16. The summed E-state index contributed by atoms with van der Waals surface area (Å²) in [6.07, 6.45) is 5.39. The molecular weight excluding hydrogens is 252 g/mol. The molecule has 18 heavy (non-hydrogen) atoms. The molecule has 1 fully saturated rings. The molecule has 6 heteroatoms. The van der Waals surface area contributed by atoms with Crippen LogP contribution >= 0.6 is 11.6 Å². The summed E-state index contributed by atoms with van der Waals surface area (Å²) < 4.78 is 0. The molecule has 0 aromatic carbocycles. The lowest BCUT2D eigenvalue weighted by molar-refractivity contribution is 0.151. The summed E-state index contributed by atoms with van der Waals surface area (Å²) in [5.41, 5.74) is 0. The Morgan fingerprint density at radius 1 is 1.44 bits per heavy atom. The van der Waals surface area contributed by atoms with Gasteiger partial charge in [-0.05, 0) is 31.8 Å². The fourth-order valence-electron chi connectivity index (χ4n) is 2.24. The minimum atomic E-state index is 0.249. The summed E-state index contributed by atoms with van der Waals surface area (Å²) in [6.45, 7) is 4.05. The van der Waals surface area contributed by atoms with E-state index in [2.05, 4.69) is 20.2 Å². The topological polar surface area (TPSA) is 61.3 Å². The van der Waals surface area contributed by atoms with Gasteiger partial charge in [-0.1, -0.05) is 11.6 Å². The number of aliphatic hydroxyl groups is 1. The molecule has 0 radical (unpaired) electrons. The predicted molar refractivity (Wildman–Crippen MR) is 71.8 cm³/mol. The molecule has 1 aromatic heterocycles. The maximum atomic E-state index is 8.88. The van der Waals surface area contributed by atoms with Crippen molar-refractivity contribution in [2.24, 2.45) is 5.92 Å². The molecule has 0 aliphatic carbocycles. The average Bonchev–Trinajstić information content (AvgIpc) is 2.40. The molecular formula is C12H19ClN4O. The first-order valence-corrected chi connectivity index (χ1v) is 6.70. The van der Waals surface area contributed by atoms with Crippen LogP contribution in [0, 0.1) is 5.92 Å². The number of aliphatic hydroxyl groups excluding tert-OH is 1. The van der Waals surface area contributed by atoms with Crippen molar-refractivity contribution in [2.45, 2.75) is 12.8 Å². The number of hydrogen-bond acceptors (Lipinski definition) is 5. The zero-order valence-electron chi connectivity index (χ0n) is 10.3. The van der Waals surface area contributed by atoms with Crippen LogP contribution in [-0.4, -0.2) is 52.8 Å². The standard InChI is InChI=1S/C12H19ClN4O/c13-11-8-14-9-16-12(11)15-7-10-1-3-17(4-2-10)5-6-18/h8-10,18H,1-7H2,(H,14,15,16). The molecule has 2 rings (SSSR count). The molecule has 0 unspecified atom stereocenters. The number of halogens is 1. The van der Waals surface area contributed by atoms with E-state index >= 15 is 0 Å². The number of nitrogens with zero attached hydrogens (tertiary/aromatic N) is 3. The third-order valence-corrected chi connectivity index (χ3v) is 3.63. The predicted octanol–water partition coefficient (Wildman–Crippen LogP) is 1.25. The van der Waals surface area contributed by atoms with E-state index in [4.69, 9.17) is 16.7 Å². The van der Waals surface area contributed by atoms with Crippen LogP contribution in [0.25, 0.3) is 0 Å². The van der Waals surface area contributed by atoms with E-state index in [1.807, 2.05) is 0 Å². The number of aromatic nitrogens is 2. The van der Waals surface area contributed by atoms with Crippen LogP contribution in [0.15, 0.2) is 12.5 Å². The Balaban J connectivity index is 1.74. The van der Waals surface area contributed by atoms with Gasteiger partial charge < -0.3 is 15.3 Å². The zero-order valence-corrected chi connectivity index (χ0v) is 11.1. The number of likely N-dealkylation sites (tertiary alicyclic amines) is 1. The highest BCUT2D eigenvalue weighted by atomic mass is 35.5. The smallest absolute Gasteiger partial charge is 0.148 e. The van der Waals surface area contributed by atoms with Gasteiger partial charge in [-0.15, -0.1) is 0 Å². The van der Waals surface area contributed by atoms with Gasteiger partial charge in [0.05, 0.1) is 12.8 Å². The third-order valence-electron chi connectivity index (χ3n) is 3.35. The minimum Gasteiger partial charge on any atom is -0.395 e. The van der Waals surface area contributed by atoms with E-state index in [1.165, 1.54) is 6.33 Å². The molecule has 5 nitrogen and oxygen atoms in total. The van der Waals surface area contributed by atoms with Gasteiger partial charge in [0.2, 0.25) is 0 Å². The maximum absolute atomic E-state index is 8.88. The van der Waals surface area contributed by atoms with E-state index in [1.54, 1.807) is 6.20 Å². The van der Waals surface area contributed by atoms with E-state index < -0.39 is 0 Å². The number of β-amino-alcohol motifs (C(OH)–C–C–N with tert-alkyl or cyclic N) is 1. The summed E-state index contributed by atoms with van der Waals surface area (Å²) in [4.78, 5) is 10.3. The van der Waals surface area contributed by atoms with Gasteiger partial charge in [0.25, 0.3) is 0 Å². The first kappa shape index (κ1) is 13.5. The van der Waals surface area contributed by atoms with Gasteiger partial charge in [0, 0.05) is 13.1 Å². The van der Waals surface area contributed by atoms with Gasteiger partial charge in [-0.2, -0.15) is 0 Å². The first-order chi connectivity index (χ1) is 8.79. The second-order valence-corrected chi connectivity index (χ2v) is 5.02. The SMILES string of the molecule is OCCN1CCC(CNc2ncncc2Cl)CC1. The normalized spacial score (nSPS) is 17.9. The van der Waals surface area contributed by atoms with Crippen LogP contribution < -0.4 is 5.32 Å². The summed E-state index contributed by atoms with van der Waals surface area (Å²) in [5.74, 6) is 1.36. The van der Waals surface area contributed by atoms with Crippen molar-refractivity contribution in [3.63, 3.8) is 0 Å². The zero-order chi connectivity index (χ0) is 12.8. The lowest BCUT2D eigenvalue weighted by atomic mass is 9.97. The Morgan fingerprint density at radius 3 is 2.89 bits per heavy atom. The van der Waals surface area contributed by atoms with Crippen LogP contribution in [0.1, 0.15) is 12.8 Å². The van der Waals surface area contributed by atoms with Crippen LogP contribution in [0.5, 0.6) is 0 Å². The number of nitrogens with one attached hydrogen (secondary N) is 1. The van der Waals surface area contributed by atoms with Crippen LogP contribution in [-0.2, 0) is 0 Å². The Labute approximate surface area is 112 Å². The van der Waals surface area contributed by atoms with Gasteiger partial charge in [-0.25, -0.2) is 9.97 Å². The van der Waals surface area contributed by atoms with E-state index in [0.717, 1.165) is 39.0 Å². The largest absolute Gasteiger partial charge is 0.395 e. The first-order valence-electron chi connectivity index (χ1n) is 6.32. The molecule has 0 amide bonds. The summed E-state index contributed by atoms with van der Waals surface area (Å²) in [7, 11) is 0. The van der Waals surface area contributed by atoms with E-state index in [-0.39, 0.29) is 6.61 Å². The van der Waals surface area contributed by atoms with Gasteiger partial charge in [-0.3, -0.25) is 0 Å². The average molecular weight is 271 g/mol. The molecule has 0 saturated carbocycles. The molecule has 2 heterocycles. The van der Waals surface area contributed by atoms with Gasteiger partial charge in [0.15, 0.2) is 0 Å². The Morgan fingerprint density at radius 2 is 2.22 bits per heavy atom. The van der Waals surface area contributed by atoms with Crippen molar-refractivity contribution in [1.82, 2.24) is 14.9 Å². The third kappa shape index (κ3) is 3.80. The van der Waals surface area contributed by atoms with Crippen molar-refractivity contribution in [2.75, 3.05) is 38.1 Å². The highest BCUT2D eigenvalue weighted by Crippen LogP contribution is 2.20. The van der Waals surface area contributed by atoms with Crippen molar-refractivity contribution >= 4 is 17.4 Å². The fraction of sp³-hybridized carbons (Fsp3) is 0.667. The quantitative estimate of drug-likeness (QED) is 0.843. The van der Waals surface area contributed by atoms with E-state index in [0.29, 0.717) is 16.8 Å². The monoisotopic (exact) mass is 270 g/mol. The molecule has 1 aromatic rings. The Hall–Kier alpha value is -0.910. The number of piperidine rings is 1. The number of rotatable bonds is 5. The second kappa shape index (κ2) is 6.87. The Bertz CT molecular complexity index is 369. The lowest BCUT2D eigenvalue weighted by Crippen LogP contribution is -2.37. The molecule has 0 bridgehead atoms.